The van der Waals surface area contributed by atoms with Gasteiger partial charge in [0, 0.05) is 17.8 Å². The van der Waals surface area contributed by atoms with Crippen LogP contribution in [0.25, 0.3) is 0 Å². The van der Waals surface area contributed by atoms with Crippen LogP contribution in [0.15, 0.2) is 36.7 Å². The molecule has 20 heavy (non-hydrogen) atoms. The molecule has 1 aromatic carbocycles. The largest absolute Gasteiger partial charge is 0.384 e. The highest BCUT2D eigenvalue weighted by Crippen LogP contribution is 2.37. The monoisotopic (exact) mass is 270 g/mol. The van der Waals surface area contributed by atoms with Crippen molar-refractivity contribution >= 4 is 0 Å². The zero-order valence-electron chi connectivity index (χ0n) is 12.2. The zero-order chi connectivity index (χ0) is 14.1. The third-order valence-corrected chi connectivity index (χ3v) is 4.27. The molecule has 0 saturated heterocycles. The highest BCUT2D eigenvalue weighted by atomic mass is 16.3. The number of aromatic nitrogens is 2. The van der Waals surface area contributed by atoms with Crippen LogP contribution in [0.1, 0.15) is 67.9 Å². The molecule has 1 aliphatic carbocycles. The van der Waals surface area contributed by atoms with Gasteiger partial charge in [-0.05, 0) is 43.7 Å². The van der Waals surface area contributed by atoms with Gasteiger partial charge in [-0.25, -0.2) is 0 Å². The second kappa shape index (κ2) is 5.41. The molecule has 1 aliphatic rings. The number of hydrogen-bond acceptors (Lipinski definition) is 2. The number of aliphatic hydroxyl groups excluding tert-OH is 1. The number of benzene rings is 1. The highest BCUT2D eigenvalue weighted by molar-refractivity contribution is 5.33. The van der Waals surface area contributed by atoms with E-state index in [4.69, 9.17) is 0 Å². The smallest absolute Gasteiger partial charge is 0.107 e. The Morgan fingerprint density at radius 1 is 1.25 bits per heavy atom. The Morgan fingerprint density at radius 2 is 2.05 bits per heavy atom. The molecule has 1 N–H and O–H groups in total. The fraction of sp³-hybridized carbons (Fsp3) is 0.471. The van der Waals surface area contributed by atoms with Crippen molar-refractivity contribution in [3.05, 3.63) is 53.3 Å². The van der Waals surface area contributed by atoms with Crippen LogP contribution in [0, 0.1) is 0 Å². The Balaban J connectivity index is 1.83. The summed E-state index contributed by atoms with van der Waals surface area (Å²) in [6, 6.07) is 8.70. The molecule has 1 atom stereocenters. The summed E-state index contributed by atoms with van der Waals surface area (Å²) in [6.45, 7) is 4.17. The summed E-state index contributed by atoms with van der Waals surface area (Å²) in [5.74, 6) is 0.695. The van der Waals surface area contributed by atoms with Crippen molar-refractivity contribution in [1.29, 1.82) is 0 Å². The standard InChI is InChI=1S/C17H22N2O/c1-12(2)19-11-16(10-18-19)17(20)15-8-4-7-14(9-15)13-5-3-6-13/h4,7-13,17,20H,3,5-6H2,1-2H3. The highest BCUT2D eigenvalue weighted by Gasteiger charge is 2.21. The fourth-order valence-corrected chi connectivity index (χ4v) is 2.69. The summed E-state index contributed by atoms with van der Waals surface area (Å²) in [5, 5.41) is 14.8. The Labute approximate surface area is 120 Å². The minimum atomic E-state index is -0.581. The van der Waals surface area contributed by atoms with Crippen molar-refractivity contribution in [2.45, 2.75) is 51.2 Å². The van der Waals surface area contributed by atoms with Crippen LogP contribution in [0.2, 0.25) is 0 Å². The molecule has 0 bridgehead atoms. The topological polar surface area (TPSA) is 38.0 Å². The molecular formula is C17H22N2O. The molecular weight excluding hydrogens is 248 g/mol. The van der Waals surface area contributed by atoms with Crippen molar-refractivity contribution in [1.82, 2.24) is 9.78 Å². The first-order valence-electron chi connectivity index (χ1n) is 7.47. The number of rotatable bonds is 4. The van der Waals surface area contributed by atoms with Crippen molar-refractivity contribution in [3.63, 3.8) is 0 Å². The lowest BCUT2D eigenvalue weighted by atomic mass is 9.79. The summed E-state index contributed by atoms with van der Waals surface area (Å²) in [6.07, 6.45) is 7.02. The van der Waals surface area contributed by atoms with Crippen LogP contribution in [-0.2, 0) is 0 Å². The van der Waals surface area contributed by atoms with E-state index in [1.54, 1.807) is 6.20 Å². The van der Waals surface area contributed by atoms with E-state index in [1.807, 2.05) is 16.9 Å². The van der Waals surface area contributed by atoms with Crippen LogP contribution < -0.4 is 0 Å². The minimum absolute atomic E-state index is 0.317. The Morgan fingerprint density at radius 3 is 2.65 bits per heavy atom. The molecule has 0 aliphatic heterocycles. The van der Waals surface area contributed by atoms with Gasteiger partial charge in [0.05, 0.1) is 6.20 Å². The molecule has 106 valence electrons. The number of aliphatic hydroxyl groups is 1. The van der Waals surface area contributed by atoms with Crippen LogP contribution in [0.5, 0.6) is 0 Å². The minimum Gasteiger partial charge on any atom is -0.384 e. The van der Waals surface area contributed by atoms with E-state index >= 15 is 0 Å². The maximum absolute atomic E-state index is 10.5. The lowest BCUT2D eigenvalue weighted by molar-refractivity contribution is 0.220. The molecule has 1 unspecified atom stereocenters. The predicted molar refractivity (Wildman–Crippen MR) is 79.7 cm³/mol. The summed E-state index contributed by atoms with van der Waals surface area (Å²) < 4.78 is 1.88. The molecule has 0 radical (unpaired) electrons. The average molecular weight is 270 g/mol. The van der Waals surface area contributed by atoms with Crippen LogP contribution >= 0.6 is 0 Å². The lowest BCUT2D eigenvalue weighted by Gasteiger charge is -2.26. The van der Waals surface area contributed by atoms with E-state index < -0.39 is 6.10 Å². The van der Waals surface area contributed by atoms with Gasteiger partial charge in [-0.1, -0.05) is 30.7 Å². The quantitative estimate of drug-likeness (QED) is 0.917. The molecule has 1 aromatic heterocycles. The van der Waals surface area contributed by atoms with Gasteiger partial charge in [0.1, 0.15) is 6.10 Å². The molecule has 3 heteroatoms. The van der Waals surface area contributed by atoms with Crippen molar-refractivity contribution in [2.75, 3.05) is 0 Å². The first-order valence-corrected chi connectivity index (χ1v) is 7.47. The van der Waals surface area contributed by atoms with Gasteiger partial charge in [-0.3, -0.25) is 4.68 Å². The van der Waals surface area contributed by atoms with Gasteiger partial charge in [-0.2, -0.15) is 5.10 Å². The normalized spacial score (nSPS) is 17.2. The predicted octanol–water partition coefficient (Wildman–Crippen LogP) is 3.81. The van der Waals surface area contributed by atoms with E-state index in [0.29, 0.717) is 12.0 Å². The molecule has 3 nitrogen and oxygen atoms in total. The fourth-order valence-electron chi connectivity index (χ4n) is 2.69. The molecule has 1 heterocycles. The van der Waals surface area contributed by atoms with Crippen LogP contribution in [-0.4, -0.2) is 14.9 Å². The second-order valence-electron chi connectivity index (χ2n) is 6.05. The summed E-state index contributed by atoms with van der Waals surface area (Å²) >= 11 is 0. The maximum Gasteiger partial charge on any atom is 0.107 e. The summed E-state index contributed by atoms with van der Waals surface area (Å²) in [4.78, 5) is 0. The lowest BCUT2D eigenvalue weighted by Crippen LogP contribution is -2.09. The molecule has 0 amide bonds. The van der Waals surface area contributed by atoms with Gasteiger partial charge in [-0.15, -0.1) is 0 Å². The molecule has 3 rings (SSSR count). The van der Waals surface area contributed by atoms with Crippen LogP contribution in [0.3, 0.4) is 0 Å². The summed E-state index contributed by atoms with van der Waals surface area (Å²) in [5.41, 5.74) is 3.20. The van der Waals surface area contributed by atoms with Crippen molar-refractivity contribution in [2.24, 2.45) is 0 Å². The molecule has 1 saturated carbocycles. The van der Waals surface area contributed by atoms with Crippen molar-refractivity contribution in [3.8, 4) is 0 Å². The Kier molecular flexibility index (Phi) is 3.62. The Hall–Kier alpha value is -1.61. The molecule has 2 aromatic rings. The van der Waals surface area contributed by atoms with Gasteiger partial charge in [0.25, 0.3) is 0 Å². The SMILES string of the molecule is CC(C)n1cc(C(O)c2cccc(C3CCC3)c2)cn1. The van der Waals surface area contributed by atoms with E-state index in [-0.39, 0.29) is 0 Å². The number of hydrogen-bond donors (Lipinski definition) is 1. The third kappa shape index (κ3) is 2.50. The van der Waals surface area contributed by atoms with E-state index in [1.165, 1.54) is 24.8 Å². The Bertz CT molecular complexity index is 584. The zero-order valence-corrected chi connectivity index (χ0v) is 12.2. The third-order valence-electron chi connectivity index (χ3n) is 4.27. The second-order valence-corrected chi connectivity index (χ2v) is 6.05. The van der Waals surface area contributed by atoms with E-state index in [0.717, 1.165) is 11.1 Å². The number of nitrogens with zero attached hydrogens (tertiary/aromatic N) is 2. The van der Waals surface area contributed by atoms with Crippen LogP contribution in [0.4, 0.5) is 0 Å². The first-order chi connectivity index (χ1) is 9.65. The van der Waals surface area contributed by atoms with E-state index in [2.05, 4.69) is 37.1 Å². The van der Waals surface area contributed by atoms with Gasteiger partial charge < -0.3 is 5.11 Å². The van der Waals surface area contributed by atoms with Crippen molar-refractivity contribution < 1.29 is 5.11 Å². The average Bonchev–Trinajstić information content (AvgIpc) is 2.86. The molecule has 1 fully saturated rings. The molecule has 0 spiro atoms. The first kappa shape index (κ1) is 13.4. The summed E-state index contributed by atoms with van der Waals surface area (Å²) in [7, 11) is 0. The maximum atomic E-state index is 10.5. The van der Waals surface area contributed by atoms with Gasteiger partial charge in [0.2, 0.25) is 0 Å². The van der Waals surface area contributed by atoms with Gasteiger partial charge >= 0.3 is 0 Å². The van der Waals surface area contributed by atoms with Gasteiger partial charge in [0.15, 0.2) is 0 Å². The van der Waals surface area contributed by atoms with E-state index in [9.17, 15) is 5.11 Å².